The molecule has 1 amide bonds. The number of rotatable bonds is 3. The number of amides is 1. The van der Waals surface area contributed by atoms with E-state index in [1.807, 2.05) is 19.1 Å². The van der Waals surface area contributed by atoms with Crippen molar-refractivity contribution >= 4 is 23.2 Å². The second-order valence-corrected chi connectivity index (χ2v) is 4.48. The largest absolute Gasteiger partial charge is 0.325 e. The minimum atomic E-state index is -0.362. The van der Waals surface area contributed by atoms with Gasteiger partial charge in [0.05, 0.1) is 6.33 Å². The molecule has 6 heteroatoms. The molecular weight excluding hydrogens is 266 g/mol. The van der Waals surface area contributed by atoms with Crippen LogP contribution in [0.4, 0.5) is 5.69 Å². The van der Waals surface area contributed by atoms with Gasteiger partial charge in [-0.25, -0.2) is 4.98 Å². The highest BCUT2D eigenvalue weighted by atomic mass is 35.5. The van der Waals surface area contributed by atoms with Gasteiger partial charge < -0.3 is 5.32 Å². The van der Waals surface area contributed by atoms with Crippen LogP contribution in [0.5, 0.6) is 0 Å². The molecule has 0 unspecified atom stereocenters. The Labute approximate surface area is 114 Å². The highest BCUT2D eigenvalue weighted by Crippen LogP contribution is 2.08. The highest BCUT2D eigenvalue weighted by molar-refractivity contribution is 6.29. The lowest BCUT2D eigenvalue weighted by atomic mass is 10.2. The fourth-order valence-electron chi connectivity index (χ4n) is 1.51. The van der Waals surface area contributed by atoms with Gasteiger partial charge in [0.2, 0.25) is 5.91 Å². The summed E-state index contributed by atoms with van der Waals surface area (Å²) in [4.78, 5) is 27.1. The molecule has 0 spiro atoms. The second-order valence-electron chi connectivity index (χ2n) is 4.09. The Hall–Kier alpha value is -2.14. The molecule has 0 atom stereocenters. The molecule has 1 aromatic carbocycles. The highest BCUT2D eigenvalue weighted by Gasteiger charge is 2.05. The molecule has 0 saturated carbocycles. The Balaban J connectivity index is 2.05. The standard InChI is InChI=1S/C13H12ClN3O2/c1-9-2-4-10(5-3-9)16-12(18)7-17-8-15-11(14)6-13(17)19/h2-6,8H,7H2,1H3,(H,16,18). The molecule has 0 aliphatic heterocycles. The third-order valence-electron chi connectivity index (χ3n) is 2.50. The van der Waals surface area contributed by atoms with Crippen LogP contribution in [0.1, 0.15) is 5.56 Å². The molecule has 0 saturated heterocycles. The zero-order valence-corrected chi connectivity index (χ0v) is 11.0. The molecule has 2 rings (SSSR count). The summed E-state index contributed by atoms with van der Waals surface area (Å²) in [5.41, 5.74) is 1.43. The van der Waals surface area contributed by atoms with Crippen LogP contribution in [0.2, 0.25) is 5.15 Å². The normalized spacial score (nSPS) is 10.2. The smallest absolute Gasteiger partial charge is 0.255 e. The number of aryl methyl sites for hydroxylation is 1. The number of nitrogens with zero attached hydrogens (tertiary/aromatic N) is 2. The van der Waals surface area contributed by atoms with Crippen LogP contribution in [0, 0.1) is 6.92 Å². The minimum Gasteiger partial charge on any atom is -0.325 e. The van der Waals surface area contributed by atoms with Crippen molar-refractivity contribution < 1.29 is 4.79 Å². The first-order valence-electron chi connectivity index (χ1n) is 5.63. The Bertz CT molecular complexity index is 650. The molecule has 1 heterocycles. The van der Waals surface area contributed by atoms with Gasteiger partial charge in [-0.3, -0.25) is 14.2 Å². The topological polar surface area (TPSA) is 64.0 Å². The van der Waals surface area contributed by atoms with Gasteiger partial charge in [0, 0.05) is 11.8 Å². The van der Waals surface area contributed by atoms with Crippen molar-refractivity contribution in [1.82, 2.24) is 9.55 Å². The van der Waals surface area contributed by atoms with Gasteiger partial charge in [-0.2, -0.15) is 0 Å². The van der Waals surface area contributed by atoms with Crippen molar-refractivity contribution in [1.29, 1.82) is 0 Å². The van der Waals surface area contributed by atoms with Gasteiger partial charge in [0.15, 0.2) is 0 Å². The molecule has 98 valence electrons. The summed E-state index contributed by atoms with van der Waals surface area (Å²) >= 11 is 5.57. The number of benzene rings is 1. The van der Waals surface area contributed by atoms with E-state index in [0.29, 0.717) is 5.69 Å². The van der Waals surface area contributed by atoms with Gasteiger partial charge >= 0.3 is 0 Å². The fourth-order valence-corrected chi connectivity index (χ4v) is 1.65. The Morgan fingerprint density at radius 1 is 1.37 bits per heavy atom. The lowest BCUT2D eigenvalue weighted by molar-refractivity contribution is -0.116. The zero-order valence-electron chi connectivity index (χ0n) is 10.3. The first-order valence-corrected chi connectivity index (χ1v) is 6.01. The average Bonchev–Trinajstić information content (AvgIpc) is 2.36. The maximum Gasteiger partial charge on any atom is 0.255 e. The molecule has 0 radical (unpaired) electrons. The van der Waals surface area contributed by atoms with Crippen LogP contribution in [-0.4, -0.2) is 15.5 Å². The van der Waals surface area contributed by atoms with E-state index < -0.39 is 0 Å². The summed E-state index contributed by atoms with van der Waals surface area (Å²) in [6.45, 7) is 1.86. The summed E-state index contributed by atoms with van der Waals surface area (Å²) in [6.07, 6.45) is 1.25. The molecule has 0 aliphatic carbocycles. The first-order chi connectivity index (χ1) is 9.04. The number of carbonyl (C=O) groups is 1. The van der Waals surface area contributed by atoms with Gasteiger partial charge in [-0.05, 0) is 19.1 Å². The quantitative estimate of drug-likeness (QED) is 0.871. The van der Waals surface area contributed by atoms with Gasteiger partial charge in [0.1, 0.15) is 11.7 Å². The summed E-state index contributed by atoms with van der Waals surface area (Å²) in [5.74, 6) is -0.296. The molecule has 0 bridgehead atoms. The van der Waals surface area contributed by atoms with Crippen LogP contribution >= 0.6 is 11.6 Å². The number of carbonyl (C=O) groups excluding carboxylic acids is 1. The third-order valence-corrected chi connectivity index (χ3v) is 2.70. The van der Waals surface area contributed by atoms with E-state index in [1.165, 1.54) is 17.0 Å². The molecular formula is C13H12ClN3O2. The number of hydrogen-bond acceptors (Lipinski definition) is 3. The third kappa shape index (κ3) is 3.66. The average molecular weight is 278 g/mol. The van der Waals surface area contributed by atoms with Crippen molar-refractivity contribution in [3.05, 3.63) is 57.7 Å². The monoisotopic (exact) mass is 277 g/mol. The van der Waals surface area contributed by atoms with Crippen molar-refractivity contribution in [2.24, 2.45) is 0 Å². The minimum absolute atomic E-state index is 0.100. The maximum atomic E-state index is 11.8. The van der Waals surface area contributed by atoms with E-state index in [0.717, 1.165) is 5.56 Å². The molecule has 2 aromatic rings. The van der Waals surface area contributed by atoms with E-state index in [2.05, 4.69) is 10.3 Å². The van der Waals surface area contributed by atoms with E-state index in [9.17, 15) is 9.59 Å². The summed E-state index contributed by atoms with van der Waals surface area (Å²) in [5, 5.41) is 2.81. The molecule has 1 N–H and O–H groups in total. The number of aromatic nitrogens is 2. The molecule has 19 heavy (non-hydrogen) atoms. The Kier molecular flexibility index (Phi) is 3.97. The molecule has 0 aliphatic rings. The number of hydrogen-bond donors (Lipinski definition) is 1. The Morgan fingerprint density at radius 2 is 2.05 bits per heavy atom. The summed E-state index contributed by atoms with van der Waals surface area (Å²) < 4.78 is 1.19. The molecule has 5 nitrogen and oxygen atoms in total. The molecule has 0 fully saturated rings. The van der Waals surface area contributed by atoms with E-state index in [4.69, 9.17) is 11.6 Å². The van der Waals surface area contributed by atoms with E-state index in [1.54, 1.807) is 12.1 Å². The van der Waals surface area contributed by atoms with Gasteiger partial charge in [-0.1, -0.05) is 29.3 Å². The van der Waals surface area contributed by atoms with E-state index in [-0.39, 0.29) is 23.2 Å². The SMILES string of the molecule is Cc1ccc(NC(=O)Cn2cnc(Cl)cc2=O)cc1. The van der Waals surface area contributed by atoms with E-state index >= 15 is 0 Å². The Morgan fingerprint density at radius 3 is 2.68 bits per heavy atom. The lowest BCUT2D eigenvalue weighted by Crippen LogP contribution is -2.27. The number of anilines is 1. The van der Waals surface area contributed by atoms with Gasteiger partial charge in [0.25, 0.3) is 5.56 Å². The first kappa shape index (κ1) is 13.3. The summed E-state index contributed by atoms with van der Waals surface area (Å²) in [6, 6.07) is 8.56. The van der Waals surface area contributed by atoms with Crippen molar-refractivity contribution in [2.45, 2.75) is 13.5 Å². The lowest BCUT2D eigenvalue weighted by Gasteiger charge is -2.07. The second kappa shape index (κ2) is 5.67. The number of nitrogens with one attached hydrogen (secondary N) is 1. The van der Waals surface area contributed by atoms with Gasteiger partial charge in [-0.15, -0.1) is 0 Å². The fraction of sp³-hybridized carbons (Fsp3) is 0.154. The zero-order chi connectivity index (χ0) is 13.8. The maximum absolute atomic E-state index is 11.8. The van der Waals surface area contributed by atoms with Crippen molar-refractivity contribution in [2.75, 3.05) is 5.32 Å². The number of halogens is 1. The van der Waals surface area contributed by atoms with Crippen LogP contribution in [-0.2, 0) is 11.3 Å². The van der Waals surface area contributed by atoms with Crippen LogP contribution in [0.25, 0.3) is 0 Å². The van der Waals surface area contributed by atoms with Crippen molar-refractivity contribution in [3.63, 3.8) is 0 Å². The van der Waals surface area contributed by atoms with Crippen LogP contribution < -0.4 is 10.9 Å². The summed E-state index contributed by atoms with van der Waals surface area (Å²) in [7, 11) is 0. The van der Waals surface area contributed by atoms with Crippen molar-refractivity contribution in [3.8, 4) is 0 Å². The molecule has 1 aromatic heterocycles. The predicted molar refractivity (Wildman–Crippen MR) is 73.3 cm³/mol. The predicted octanol–water partition coefficient (Wildman–Crippen LogP) is 1.84. The van der Waals surface area contributed by atoms with Crippen LogP contribution in [0.3, 0.4) is 0 Å². The van der Waals surface area contributed by atoms with Crippen LogP contribution in [0.15, 0.2) is 41.5 Å².